The Bertz CT molecular complexity index is 535. The van der Waals surface area contributed by atoms with Crippen LogP contribution in [-0.2, 0) is 17.1 Å². The van der Waals surface area contributed by atoms with E-state index in [0.29, 0.717) is 13.1 Å². The van der Waals surface area contributed by atoms with Gasteiger partial charge < -0.3 is 15.2 Å². The van der Waals surface area contributed by atoms with E-state index in [-0.39, 0.29) is 5.03 Å². The second kappa shape index (κ2) is 7.35. The van der Waals surface area contributed by atoms with E-state index >= 15 is 0 Å². The van der Waals surface area contributed by atoms with Gasteiger partial charge in [-0.3, -0.25) is 0 Å². The first-order valence-corrected chi connectivity index (χ1v) is 8.88. The molecule has 2 rings (SSSR count). The number of sulfonamides is 1. The van der Waals surface area contributed by atoms with Crippen LogP contribution in [0.5, 0.6) is 0 Å². The van der Waals surface area contributed by atoms with Crippen molar-refractivity contribution >= 4 is 10.0 Å². The van der Waals surface area contributed by atoms with Crippen LogP contribution in [0.25, 0.3) is 0 Å². The standard InChI is InChI=1S/C13H25N5O2S/c1-16-11-13(15-12-16)21(19,20)18-9-7-17(8-10-18)6-4-2-3-5-14/h11-12H,2-10,14H2,1H3. The Hall–Kier alpha value is -0.960. The van der Waals surface area contributed by atoms with E-state index in [1.807, 2.05) is 0 Å². The third-order valence-electron chi connectivity index (χ3n) is 3.80. The SMILES string of the molecule is Cn1cnc(S(=O)(=O)N2CCN(CCCCCN)CC2)c1. The molecule has 1 aromatic heterocycles. The maximum absolute atomic E-state index is 12.4. The van der Waals surface area contributed by atoms with Crippen LogP contribution < -0.4 is 5.73 Å². The molecule has 2 N–H and O–H groups in total. The maximum atomic E-state index is 12.4. The highest BCUT2D eigenvalue weighted by Crippen LogP contribution is 2.15. The molecule has 1 aliphatic heterocycles. The fourth-order valence-corrected chi connectivity index (χ4v) is 3.89. The minimum absolute atomic E-state index is 0.140. The van der Waals surface area contributed by atoms with Gasteiger partial charge >= 0.3 is 0 Å². The van der Waals surface area contributed by atoms with Crippen molar-refractivity contribution < 1.29 is 8.42 Å². The number of hydrogen-bond donors (Lipinski definition) is 1. The summed E-state index contributed by atoms with van der Waals surface area (Å²) >= 11 is 0. The van der Waals surface area contributed by atoms with Crippen molar-refractivity contribution in [3.8, 4) is 0 Å². The van der Waals surface area contributed by atoms with E-state index in [1.54, 1.807) is 17.8 Å². The van der Waals surface area contributed by atoms with Gasteiger partial charge in [0, 0.05) is 39.4 Å². The number of nitrogens with two attached hydrogens (primary N) is 1. The van der Waals surface area contributed by atoms with Gasteiger partial charge in [0.25, 0.3) is 10.0 Å². The maximum Gasteiger partial charge on any atom is 0.262 e. The Morgan fingerprint density at radius 1 is 1.19 bits per heavy atom. The predicted octanol–water partition coefficient (Wildman–Crippen LogP) is -0.145. The second-order valence-electron chi connectivity index (χ2n) is 5.47. The molecule has 0 saturated carbocycles. The minimum atomic E-state index is -3.44. The van der Waals surface area contributed by atoms with Gasteiger partial charge in [0.15, 0.2) is 5.03 Å². The van der Waals surface area contributed by atoms with E-state index in [2.05, 4.69) is 9.88 Å². The molecule has 0 atom stereocenters. The Morgan fingerprint density at radius 2 is 1.90 bits per heavy atom. The van der Waals surface area contributed by atoms with Crippen LogP contribution in [0.1, 0.15) is 19.3 Å². The molecule has 7 nitrogen and oxygen atoms in total. The molecular weight excluding hydrogens is 290 g/mol. The molecule has 1 fully saturated rings. The lowest BCUT2D eigenvalue weighted by Crippen LogP contribution is -2.48. The largest absolute Gasteiger partial charge is 0.339 e. The zero-order chi connectivity index (χ0) is 15.3. The normalized spacial score (nSPS) is 18.2. The van der Waals surface area contributed by atoms with Gasteiger partial charge in [-0.05, 0) is 25.9 Å². The molecule has 8 heteroatoms. The van der Waals surface area contributed by atoms with E-state index in [0.717, 1.165) is 45.4 Å². The quantitative estimate of drug-likeness (QED) is 0.708. The number of aryl methyl sites for hydroxylation is 1. The lowest BCUT2D eigenvalue weighted by atomic mass is 10.2. The zero-order valence-electron chi connectivity index (χ0n) is 12.6. The minimum Gasteiger partial charge on any atom is -0.339 e. The molecule has 120 valence electrons. The van der Waals surface area contributed by atoms with Crippen molar-refractivity contribution in [1.82, 2.24) is 18.8 Å². The Balaban J connectivity index is 1.83. The van der Waals surface area contributed by atoms with Crippen LogP contribution in [0, 0.1) is 0 Å². The van der Waals surface area contributed by atoms with Gasteiger partial charge in [0.2, 0.25) is 0 Å². The van der Waals surface area contributed by atoms with Crippen molar-refractivity contribution in [2.24, 2.45) is 12.8 Å². The topological polar surface area (TPSA) is 84.5 Å². The second-order valence-corrected chi connectivity index (χ2v) is 7.36. The summed E-state index contributed by atoms with van der Waals surface area (Å²) in [5, 5.41) is 0.140. The summed E-state index contributed by atoms with van der Waals surface area (Å²) in [7, 11) is -1.67. The number of hydrogen-bond acceptors (Lipinski definition) is 5. The van der Waals surface area contributed by atoms with Crippen LogP contribution in [-0.4, -0.2) is 66.4 Å². The number of nitrogens with zero attached hydrogens (tertiary/aromatic N) is 4. The average molecular weight is 315 g/mol. The monoisotopic (exact) mass is 315 g/mol. The van der Waals surface area contributed by atoms with Gasteiger partial charge in [-0.1, -0.05) is 6.42 Å². The number of piperazine rings is 1. The Morgan fingerprint density at radius 3 is 2.48 bits per heavy atom. The highest BCUT2D eigenvalue weighted by Gasteiger charge is 2.29. The van der Waals surface area contributed by atoms with Crippen molar-refractivity contribution in [2.45, 2.75) is 24.3 Å². The molecule has 0 bridgehead atoms. The van der Waals surface area contributed by atoms with E-state index in [9.17, 15) is 8.42 Å². The van der Waals surface area contributed by atoms with Crippen LogP contribution in [0.15, 0.2) is 17.6 Å². The molecule has 0 aliphatic carbocycles. The van der Waals surface area contributed by atoms with Gasteiger partial charge in [-0.15, -0.1) is 0 Å². The first kappa shape index (κ1) is 16.4. The van der Waals surface area contributed by atoms with Gasteiger partial charge in [-0.25, -0.2) is 13.4 Å². The summed E-state index contributed by atoms with van der Waals surface area (Å²) in [6, 6.07) is 0. The summed E-state index contributed by atoms with van der Waals surface area (Å²) < 4.78 is 28.0. The van der Waals surface area contributed by atoms with Gasteiger partial charge in [0.1, 0.15) is 0 Å². The first-order valence-electron chi connectivity index (χ1n) is 7.44. The Kier molecular flexibility index (Phi) is 5.74. The smallest absolute Gasteiger partial charge is 0.262 e. The number of aromatic nitrogens is 2. The van der Waals surface area contributed by atoms with Crippen molar-refractivity contribution in [3.63, 3.8) is 0 Å². The first-order chi connectivity index (χ1) is 10.0. The van der Waals surface area contributed by atoms with Gasteiger partial charge in [0.05, 0.1) is 6.33 Å². The molecule has 21 heavy (non-hydrogen) atoms. The molecule has 1 saturated heterocycles. The lowest BCUT2D eigenvalue weighted by Gasteiger charge is -2.33. The summed E-state index contributed by atoms with van der Waals surface area (Å²) in [5.74, 6) is 0. The molecule has 0 spiro atoms. The summed E-state index contributed by atoms with van der Waals surface area (Å²) in [5.41, 5.74) is 5.48. The third-order valence-corrected chi connectivity index (χ3v) is 5.58. The highest BCUT2D eigenvalue weighted by atomic mass is 32.2. The predicted molar refractivity (Wildman–Crippen MR) is 81.3 cm³/mol. The van der Waals surface area contributed by atoms with E-state index in [1.165, 1.54) is 10.6 Å². The number of rotatable bonds is 7. The Labute approximate surface area is 126 Å². The molecule has 1 aliphatic rings. The van der Waals surface area contributed by atoms with Gasteiger partial charge in [-0.2, -0.15) is 4.31 Å². The molecule has 0 amide bonds. The van der Waals surface area contributed by atoms with Crippen LogP contribution >= 0.6 is 0 Å². The third kappa shape index (κ3) is 4.26. The fraction of sp³-hybridized carbons (Fsp3) is 0.769. The fourth-order valence-electron chi connectivity index (χ4n) is 2.50. The number of unbranched alkanes of at least 4 members (excludes halogenated alkanes) is 2. The van der Waals surface area contributed by atoms with E-state index < -0.39 is 10.0 Å². The van der Waals surface area contributed by atoms with Crippen molar-refractivity contribution in [1.29, 1.82) is 0 Å². The molecule has 0 radical (unpaired) electrons. The van der Waals surface area contributed by atoms with E-state index in [4.69, 9.17) is 5.73 Å². The molecular formula is C13H25N5O2S. The summed E-state index contributed by atoms with van der Waals surface area (Å²) in [6.07, 6.45) is 6.40. The van der Waals surface area contributed by atoms with Crippen molar-refractivity contribution in [2.75, 3.05) is 39.3 Å². The summed E-state index contributed by atoms with van der Waals surface area (Å²) in [6.45, 7) is 4.42. The summed E-state index contributed by atoms with van der Waals surface area (Å²) in [4.78, 5) is 6.28. The zero-order valence-corrected chi connectivity index (χ0v) is 13.4. The molecule has 2 heterocycles. The van der Waals surface area contributed by atoms with Crippen LogP contribution in [0.4, 0.5) is 0 Å². The van der Waals surface area contributed by atoms with Crippen molar-refractivity contribution in [3.05, 3.63) is 12.5 Å². The molecule has 0 aromatic carbocycles. The number of imidazole rings is 1. The van der Waals surface area contributed by atoms with Crippen LogP contribution in [0.3, 0.4) is 0 Å². The highest BCUT2D eigenvalue weighted by molar-refractivity contribution is 7.89. The van der Waals surface area contributed by atoms with Crippen LogP contribution in [0.2, 0.25) is 0 Å². The lowest BCUT2D eigenvalue weighted by molar-refractivity contribution is 0.185. The molecule has 0 unspecified atom stereocenters. The molecule has 1 aromatic rings. The average Bonchev–Trinajstić information content (AvgIpc) is 2.91.